The Hall–Kier alpha value is -4.46. The summed E-state index contributed by atoms with van der Waals surface area (Å²) in [5.74, 6) is 1.69. The molecule has 188 valence electrons. The number of para-hydroxylation sites is 1. The Morgan fingerprint density at radius 1 is 0.973 bits per heavy atom. The monoisotopic (exact) mass is 494 g/mol. The number of hydrazone groups is 1. The summed E-state index contributed by atoms with van der Waals surface area (Å²) in [6.07, 6.45) is 4.68. The van der Waals surface area contributed by atoms with E-state index in [-0.39, 0.29) is 0 Å². The molecule has 0 fully saturated rings. The highest BCUT2D eigenvalue weighted by atomic mass is 16.5. The summed E-state index contributed by atoms with van der Waals surface area (Å²) in [6, 6.07) is 24.2. The maximum Gasteiger partial charge on any atom is 0.265 e. The predicted molar refractivity (Wildman–Crippen MR) is 148 cm³/mol. The molecule has 0 bridgehead atoms. The maximum absolute atomic E-state index is 5.95. The zero-order valence-corrected chi connectivity index (χ0v) is 21.1. The first kappa shape index (κ1) is 24.2. The Labute approximate surface area is 216 Å². The average molecular weight is 495 g/mol. The SMILES string of the molecule is CCCCn1c2ccccc2c2nnc(N/N=C/c3ccc(OCCc4ccccc4)c(OC)c3)nc21. The van der Waals surface area contributed by atoms with Gasteiger partial charge in [0.1, 0.15) is 5.52 Å². The zero-order chi connectivity index (χ0) is 25.5. The number of methoxy groups -OCH3 is 1. The van der Waals surface area contributed by atoms with Crippen LogP contribution in [0, 0.1) is 0 Å². The van der Waals surface area contributed by atoms with Crippen molar-refractivity contribution in [2.24, 2.45) is 5.10 Å². The van der Waals surface area contributed by atoms with Crippen molar-refractivity contribution in [2.45, 2.75) is 32.7 Å². The fraction of sp³-hybridized carbons (Fsp3) is 0.241. The van der Waals surface area contributed by atoms with Crippen LogP contribution in [0.3, 0.4) is 0 Å². The molecule has 0 radical (unpaired) electrons. The van der Waals surface area contributed by atoms with Crippen LogP contribution in [0.1, 0.15) is 30.9 Å². The molecule has 2 aromatic heterocycles. The Balaban J connectivity index is 1.28. The highest BCUT2D eigenvalue weighted by molar-refractivity contribution is 6.04. The third kappa shape index (κ3) is 5.53. The van der Waals surface area contributed by atoms with E-state index in [1.807, 2.05) is 48.5 Å². The van der Waals surface area contributed by atoms with Crippen molar-refractivity contribution in [3.63, 3.8) is 0 Å². The Bertz CT molecular complexity index is 1510. The van der Waals surface area contributed by atoms with Gasteiger partial charge in [0.15, 0.2) is 17.1 Å². The first-order valence-electron chi connectivity index (χ1n) is 12.5. The topological polar surface area (TPSA) is 86.5 Å². The minimum absolute atomic E-state index is 0.345. The molecular formula is C29H30N6O2. The lowest BCUT2D eigenvalue weighted by atomic mass is 10.2. The van der Waals surface area contributed by atoms with Crippen LogP contribution >= 0.6 is 0 Å². The molecule has 5 aromatic rings. The molecule has 0 saturated carbocycles. The maximum atomic E-state index is 5.95. The van der Waals surface area contributed by atoms with E-state index in [9.17, 15) is 0 Å². The van der Waals surface area contributed by atoms with Gasteiger partial charge in [0.05, 0.1) is 25.4 Å². The van der Waals surface area contributed by atoms with Gasteiger partial charge in [0.25, 0.3) is 5.95 Å². The second-order valence-corrected chi connectivity index (χ2v) is 8.69. The molecule has 8 nitrogen and oxygen atoms in total. The lowest BCUT2D eigenvalue weighted by molar-refractivity contribution is 0.297. The quantitative estimate of drug-likeness (QED) is 0.183. The van der Waals surface area contributed by atoms with E-state index in [0.29, 0.717) is 24.1 Å². The predicted octanol–water partition coefficient (Wildman–Crippen LogP) is 5.86. The number of ether oxygens (including phenoxy) is 2. The van der Waals surface area contributed by atoms with Crippen LogP contribution in [0.5, 0.6) is 11.5 Å². The number of fused-ring (bicyclic) bond motifs is 3. The number of nitrogens with zero attached hydrogens (tertiary/aromatic N) is 5. The number of nitrogens with one attached hydrogen (secondary N) is 1. The summed E-state index contributed by atoms with van der Waals surface area (Å²) >= 11 is 0. The van der Waals surface area contributed by atoms with Gasteiger partial charge in [-0.15, -0.1) is 10.2 Å². The summed E-state index contributed by atoms with van der Waals surface area (Å²) in [5.41, 5.74) is 7.73. The molecule has 0 aliphatic rings. The van der Waals surface area contributed by atoms with Gasteiger partial charge in [0, 0.05) is 18.4 Å². The molecule has 2 heterocycles. The molecule has 8 heteroatoms. The largest absolute Gasteiger partial charge is 0.493 e. The summed E-state index contributed by atoms with van der Waals surface area (Å²) < 4.78 is 13.7. The summed E-state index contributed by atoms with van der Waals surface area (Å²) in [5, 5.41) is 14.1. The molecular weight excluding hydrogens is 464 g/mol. The van der Waals surface area contributed by atoms with Gasteiger partial charge in [-0.3, -0.25) is 0 Å². The number of aromatic nitrogens is 4. The van der Waals surface area contributed by atoms with Crippen molar-refractivity contribution < 1.29 is 9.47 Å². The van der Waals surface area contributed by atoms with E-state index in [1.54, 1.807) is 13.3 Å². The van der Waals surface area contributed by atoms with Crippen LogP contribution in [0.4, 0.5) is 5.95 Å². The molecule has 0 atom stereocenters. The average Bonchev–Trinajstić information content (AvgIpc) is 3.25. The lowest BCUT2D eigenvalue weighted by Crippen LogP contribution is -2.04. The van der Waals surface area contributed by atoms with Gasteiger partial charge in [-0.1, -0.05) is 61.9 Å². The first-order chi connectivity index (χ1) is 18.3. The number of rotatable bonds is 11. The number of aryl methyl sites for hydroxylation is 1. The molecule has 0 amide bonds. The normalized spacial score (nSPS) is 11.4. The van der Waals surface area contributed by atoms with Crippen molar-refractivity contribution in [3.8, 4) is 11.5 Å². The number of benzene rings is 3. The molecule has 1 N–H and O–H groups in total. The van der Waals surface area contributed by atoms with Gasteiger partial charge in [0.2, 0.25) is 0 Å². The zero-order valence-electron chi connectivity index (χ0n) is 21.1. The third-order valence-corrected chi connectivity index (χ3v) is 6.17. The minimum atomic E-state index is 0.345. The molecule has 3 aromatic carbocycles. The number of hydrogen-bond donors (Lipinski definition) is 1. The van der Waals surface area contributed by atoms with Crippen LogP contribution in [0.2, 0.25) is 0 Å². The smallest absolute Gasteiger partial charge is 0.265 e. The van der Waals surface area contributed by atoms with Gasteiger partial charge >= 0.3 is 0 Å². The van der Waals surface area contributed by atoms with E-state index < -0.39 is 0 Å². The third-order valence-electron chi connectivity index (χ3n) is 6.17. The molecule has 0 saturated heterocycles. The first-order valence-corrected chi connectivity index (χ1v) is 12.5. The fourth-order valence-corrected chi connectivity index (χ4v) is 4.27. The molecule has 0 aliphatic heterocycles. The van der Waals surface area contributed by atoms with Crippen LogP contribution in [0.25, 0.3) is 22.1 Å². The van der Waals surface area contributed by atoms with Crippen molar-refractivity contribution in [2.75, 3.05) is 19.1 Å². The summed E-state index contributed by atoms with van der Waals surface area (Å²) in [7, 11) is 1.63. The van der Waals surface area contributed by atoms with Gasteiger partial charge in [-0.25, -0.2) is 5.43 Å². The van der Waals surface area contributed by atoms with Crippen molar-refractivity contribution in [1.82, 2.24) is 19.7 Å². The van der Waals surface area contributed by atoms with Gasteiger partial charge < -0.3 is 14.0 Å². The molecule has 0 aliphatic carbocycles. The minimum Gasteiger partial charge on any atom is -0.493 e. The Morgan fingerprint density at radius 3 is 2.65 bits per heavy atom. The second-order valence-electron chi connectivity index (χ2n) is 8.69. The Kier molecular flexibility index (Phi) is 7.55. The number of hydrogen-bond acceptors (Lipinski definition) is 7. The van der Waals surface area contributed by atoms with Crippen molar-refractivity contribution >= 4 is 34.2 Å². The van der Waals surface area contributed by atoms with Crippen LogP contribution < -0.4 is 14.9 Å². The van der Waals surface area contributed by atoms with Crippen molar-refractivity contribution in [3.05, 3.63) is 83.9 Å². The number of anilines is 1. The highest BCUT2D eigenvalue weighted by Gasteiger charge is 2.14. The van der Waals surface area contributed by atoms with Gasteiger partial charge in [-0.05, 0) is 41.8 Å². The second kappa shape index (κ2) is 11.5. The summed E-state index contributed by atoms with van der Waals surface area (Å²) in [4.78, 5) is 4.72. The van der Waals surface area contributed by atoms with E-state index in [1.165, 1.54) is 5.56 Å². The number of unbranched alkanes of at least 4 members (excludes halogenated alkanes) is 1. The van der Waals surface area contributed by atoms with Crippen LogP contribution in [-0.4, -0.2) is 39.7 Å². The lowest BCUT2D eigenvalue weighted by Gasteiger charge is -2.11. The van der Waals surface area contributed by atoms with E-state index in [0.717, 1.165) is 53.4 Å². The van der Waals surface area contributed by atoms with E-state index in [2.05, 4.69) is 56.5 Å². The molecule has 5 rings (SSSR count). The molecule has 37 heavy (non-hydrogen) atoms. The van der Waals surface area contributed by atoms with Crippen LogP contribution in [-0.2, 0) is 13.0 Å². The van der Waals surface area contributed by atoms with E-state index >= 15 is 0 Å². The van der Waals surface area contributed by atoms with E-state index in [4.69, 9.17) is 14.5 Å². The van der Waals surface area contributed by atoms with Crippen molar-refractivity contribution in [1.29, 1.82) is 0 Å². The Morgan fingerprint density at radius 2 is 1.81 bits per heavy atom. The summed E-state index contributed by atoms with van der Waals surface area (Å²) in [6.45, 7) is 3.62. The van der Waals surface area contributed by atoms with Gasteiger partial charge in [-0.2, -0.15) is 10.1 Å². The van der Waals surface area contributed by atoms with Crippen LogP contribution in [0.15, 0.2) is 77.9 Å². The highest BCUT2D eigenvalue weighted by Crippen LogP contribution is 2.28. The molecule has 0 unspecified atom stereocenters. The fourth-order valence-electron chi connectivity index (χ4n) is 4.27. The molecule has 0 spiro atoms. The standard InChI is InChI=1S/C29H30N6O2/c1-3-4-17-35-24-13-9-8-12-23(24)27-28(35)31-29(34-32-27)33-30-20-22-14-15-25(26(19-22)36-2)37-18-16-21-10-6-5-7-11-21/h5-15,19-20H,3-4,16-18H2,1-2H3,(H,31,33,34)/b30-20+.